The minimum absolute atomic E-state index is 0. The molecule has 0 spiro atoms. The second-order valence-electron chi connectivity index (χ2n) is 3.87. The molecule has 0 aromatic heterocycles. The summed E-state index contributed by atoms with van der Waals surface area (Å²) in [4.78, 5) is 0. The van der Waals surface area contributed by atoms with E-state index in [1.165, 1.54) is 0 Å². The van der Waals surface area contributed by atoms with Gasteiger partial charge in [-0.05, 0) is 23.8 Å². The maximum Gasteiger partial charge on any atom is 0.455 e. The zero-order chi connectivity index (χ0) is 15.9. The fraction of sp³-hybridized carbons (Fsp3) is 0.400. The van der Waals surface area contributed by atoms with Gasteiger partial charge in [0.25, 0.3) is 0 Å². The molecule has 1 rings (SSSR count). The van der Waals surface area contributed by atoms with Crippen LogP contribution in [0, 0.1) is 0 Å². The fourth-order valence-corrected chi connectivity index (χ4v) is 1.85. The van der Waals surface area contributed by atoms with E-state index in [0.717, 1.165) is 0 Å². The zero-order valence-electron chi connectivity index (χ0n) is 9.70. The highest BCUT2D eigenvalue weighted by atomic mass is 79.9. The molecule has 1 atom stereocenters. The Hall–Kier alpha value is -0.610. The molecule has 0 aliphatic heterocycles. The van der Waals surface area contributed by atoms with Crippen LogP contribution in [0.2, 0.25) is 0 Å². The molecule has 0 amide bonds. The summed E-state index contributed by atoms with van der Waals surface area (Å²) in [6.45, 7) is 0. The molecule has 0 aliphatic rings. The Balaban J connectivity index is 0.00000400. The van der Waals surface area contributed by atoms with Gasteiger partial charge in [0.1, 0.15) is 6.04 Å². The molecule has 0 bridgehead atoms. The lowest BCUT2D eigenvalue weighted by molar-refractivity contribution is -0.291. The third-order valence-corrected chi connectivity index (χ3v) is 2.83. The van der Waals surface area contributed by atoms with Gasteiger partial charge in [0, 0.05) is 4.47 Å². The summed E-state index contributed by atoms with van der Waals surface area (Å²) in [5.41, 5.74) is 2.42. The fourth-order valence-electron chi connectivity index (χ4n) is 1.34. The molecule has 0 unspecified atom stereocenters. The van der Waals surface area contributed by atoms with Crippen LogP contribution in [0.4, 0.5) is 35.1 Å². The van der Waals surface area contributed by atoms with Crippen LogP contribution in [0.3, 0.4) is 0 Å². The maximum atomic E-state index is 13.0. The Morgan fingerprint density at radius 1 is 0.905 bits per heavy atom. The summed E-state index contributed by atoms with van der Waals surface area (Å²) in [5, 5.41) is 0. The van der Waals surface area contributed by atoms with Crippen LogP contribution in [0.1, 0.15) is 17.2 Å². The van der Waals surface area contributed by atoms with E-state index in [9.17, 15) is 35.1 Å². The predicted octanol–water partition coefficient (Wildman–Crippen LogP) is 5.09. The molecular formula is C10H7BrClF8N. The number of alkyl halides is 8. The molecule has 122 valence electrons. The first kappa shape index (κ1) is 20.4. The molecule has 11 heteroatoms. The number of rotatable bonds is 2. The monoisotopic (exact) mass is 407 g/mol. The van der Waals surface area contributed by atoms with E-state index in [1.807, 2.05) is 0 Å². The van der Waals surface area contributed by atoms with Crippen LogP contribution in [0.5, 0.6) is 0 Å². The number of halogens is 10. The Morgan fingerprint density at radius 3 is 1.76 bits per heavy atom. The van der Waals surface area contributed by atoms with Crippen molar-refractivity contribution in [3.8, 4) is 0 Å². The number of nitrogens with two attached hydrogens (primary N) is 1. The summed E-state index contributed by atoms with van der Waals surface area (Å²) in [6.07, 6.45) is -10.9. The second-order valence-corrected chi connectivity index (χ2v) is 4.79. The topological polar surface area (TPSA) is 26.0 Å². The van der Waals surface area contributed by atoms with Crippen LogP contribution in [0.25, 0.3) is 0 Å². The van der Waals surface area contributed by atoms with Crippen LogP contribution < -0.4 is 5.73 Å². The van der Waals surface area contributed by atoms with Gasteiger partial charge in [-0.15, -0.1) is 12.4 Å². The van der Waals surface area contributed by atoms with Gasteiger partial charge in [-0.2, -0.15) is 35.1 Å². The van der Waals surface area contributed by atoms with Gasteiger partial charge in [0.2, 0.25) is 0 Å². The Bertz CT molecular complexity index is 499. The van der Waals surface area contributed by atoms with Crippen LogP contribution >= 0.6 is 28.3 Å². The average molecular weight is 409 g/mol. The van der Waals surface area contributed by atoms with E-state index < -0.39 is 35.4 Å². The first-order chi connectivity index (χ1) is 8.76. The van der Waals surface area contributed by atoms with Crippen molar-refractivity contribution in [2.75, 3.05) is 0 Å². The highest BCUT2D eigenvalue weighted by Crippen LogP contribution is 2.44. The maximum absolute atomic E-state index is 13.0. The van der Waals surface area contributed by atoms with Crippen molar-refractivity contribution >= 4 is 28.3 Å². The van der Waals surface area contributed by atoms with Crippen molar-refractivity contribution in [1.82, 2.24) is 0 Å². The van der Waals surface area contributed by atoms with Gasteiger partial charge in [-0.25, -0.2) is 0 Å². The minimum Gasteiger partial charge on any atom is -0.319 e. The summed E-state index contributed by atoms with van der Waals surface area (Å²) < 4.78 is 99.6. The molecule has 1 aromatic carbocycles. The quantitative estimate of drug-likeness (QED) is 0.678. The third-order valence-electron chi connectivity index (χ3n) is 2.38. The molecule has 0 aliphatic carbocycles. The third kappa shape index (κ3) is 4.43. The molecule has 1 aromatic rings. The van der Waals surface area contributed by atoms with Crippen molar-refractivity contribution in [3.05, 3.63) is 33.8 Å². The number of hydrogen-bond donors (Lipinski definition) is 1. The highest BCUT2D eigenvalue weighted by molar-refractivity contribution is 9.10. The van der Waals surface area contributed by atoms with Crippen LogP contribution in [-0.4, -0.2) is 12.1 Å². The molecule has 1 nitrogen and oxygen atoms in total. The van der Waals surface area contributed by atoms with Gasteiger partial charge in [0.15, 0.2) is 0 Å². The van der Waals surface area contributed by atoms with Crippen molar-refractivity contribution in [2.24, 2.45) is 5.73 Å². The average Bonchev–Trinajstić information content (AvgIpc) is 2.24. The summed E-state index contributed by atoms with van der Waals surface area (Å²) in [6, 6.07) is -1.56. The lowest BCUT2D eigenvalue weighted by Crippen LogP contribution is -2.45. The summed E-state index contributed by atoms with van der Waals surface area (Å²) >= 11 is 2.61. The molecule has 0 fully saturated rings. The second kappa shape index (κ2) is 6.25. The smallest absolute Gasteiger partial charge is 0.319 e. The van der Waals surface area contributed by atoms with E-state index in [1.54, 1.807) is 0 Å². The number of hydrogen-bond acceptors (Lipinski definition) is 1. The van der Waals surface area contributed by atoms with Crippen molar-refractivity contribution in [2.45, 2.75) is 24.3 Å². The SMILES string of the molecule is Cl.N[C@@H](c1cc(Br)cc(C(F)(F)F)c1)C(F)(F)C(F)(F)F. The van der Waals surface area contributed by atoms with Gasteiger partial charge in [-0.3, -0.25) is 0 Å². The highest BCUT2D eigenvalue weighted by Gasteiger charge is 2.61. The molecule has 2 N–H and O–H groups in total. The molecule has 21 heavy (non-hydrogen) atoms. The van der Waals surface area contributed by atoms with E-state index in [2.05, 4.69) is 15.9 Å². The predicted molar refractivity (Wildman–Crippen MR) is 64.3 cm³/mol. The summed E-state index contributed by atoms with van der Waals surface area (Å²) in [7, 11) is 0. The largest absolute Gasteiger partial charge is 0.455 e. The lowest BCUT2D eigenvalue weighted by atomic mass is 9.99. The number of benzene rings is 1. The Kier molecular flexibility index (Phi) is 6.07. The minimum atomic E-state index is -5.97. The standard InChI is InChI=1S/C10H6BrF8N.ClH/c11-6-2-4(1-5(3-6)9(14,15)16)7(20)8(12,13)10(17,18)19;/h1-3,7H,20H2;1H/t7-;/m0./s1. The van der Waals surface area contributed by atoms with Crippen molar-refractivity contribution in [3.63, 3.8) is 0 Å². The molecule has 0 saturated carbocycles. The van der Waals surface area contributed by atoms with E-state index in [0.29, 0.717) is 12.1 Å². The molecule has 0 saturated heterocycles. The van der Waals surface area contributed by atoms with Crippen LogP contribution in [-0.2, 0) is 6.18 Å². The molecular weight excluding hydrogens is 401 g/mol. The molecule has 0 heterocycles. The van der Waals surface area contributed by atoms with Crippen LogP contribution in [0.15, 0.2) is 22.7 Å². The van der Waals surface area contributed by atoms with Gasteiger partial charge < -0.3 is 5.73 Å². The zero-order valence-corrected chi connectivity index (χ0v) is 12.1. The first-order valence-corrected chi connectivity index (χ1v) is 5.64. The van der Waals surface area contributed by atoms with E-state index in [4.69, 9.17) is 5.73 Å². The molecule has 0 radical (unpaired) electrons. The van der Waals surface area contributed by atoms with Crippen molar-refractivity contribution in [1.29, 1.82) is 0 Å². The lowest BCUT2D eigenvalue weighted by Gasteiger charge is -2.26. The van der Waals surface area contributed by atoms with Gasteiger partial charge >= 0.3 is 18.3 Å². The Labute approximate surface area is 128 Å². The van der Waals surface area contributed by atoms with E-state index >= 15 is 0 Å². The first-order valence-electron chi connectivity index (χ1n) is 4.84. The van der Waals surface area contributed by atoms with Gasteiger partial charge in [-0.1, -0.05) is 15.9 Å². The van der Waals surface area contributed by atoms with E-state index in [-0.39, 0.29) is 22.9 Å². The van der Waals surface area contributed by atoms with Gasteiger partial charge in [0.05, 0.1) is 5.56 Å². The normalized spacial score (nSPS) is 14.6. The summed E-state index contributed by atoms with van der Waals surface area (Å²) in [5.74, 6) is -5.35. The Morgan fingerprint density at radius 2 is 1.38 bits per heavy atom. The van der Waals surface area contributed by atoms with Crippen molar-refractivity contribution < 1.29 is 35.1 Å².